The number of hydrogen-bond acceptors (Lipinski definition) is 5. The van der Waals surface area contributed by atoms with Gasteiger partial charge in [0.05, 0.1) is 31.1 Å². The van der Waals surface area contributed by atoms with Gasteiger partial charge in [0.2, 0.25) is 5.91 Å². The SMILES string of the molecule is COC[C@@H]1C[C@H](Oc2cc(F)cc(NC(=O)Nc3cccnc3)c2)CN1C(C)=O. The molecule has 2 heterocycles. The maximum Gasteiger partial charge on any atom is 0.323 e. The van der Waals surface area contributed by atoms with Crippen molar-refractivity contribution in [3.05, 3.63) is 48.5 Å². The molecule has 8 nitrogen and oxygen atoms in total. The first-order valence-electron chi connectivity index (χ1n) is 9.16. The van der Waals surface area contributed by atoms with Crippen LogP contribution < -0.4 is 15.4 Å². The molecule has 0 radical (unpaired) electrons. The Kier molecular flexibility index (Phi) is 6.61. The topological polar surface area (TPSA) is 92.8 Å². The van der Waals surface area contributed by atoms with Crippen LogP contribution in [0.25, 0.3) is 0 Å². The number of rotatable bonds is 6. The fraction of sp³-hybridized carbons (Fsp3) is 0.350. The van der Waals surface area contributed by atoms with E-state index in [2.05, 4.69) is 15.6 Å². The molecule has 2 N–H and O–H groups in total. The van der Waals surface area contributed by atoms with Gasteiger partial charge in [-0.2, -0.15) is 0 Å². The summed E-state index contributed by atoms with van der Waals surface area (Å²) in [6, 6.07) is 6.73. The first-order chi connectivity index (χ1) is 13.9. The number of benzene rings is 1. The van der Waals surface area contributed by atoms with Gasteiger partial charge in [-0.25, -0.2) is 9.18 Å². The minimum Gasteiger partial charge on any atom is -0.488 e. The number of aromatic nitrogens is 1. The first-order valence-corrected chi connectivity index (χ1v) is 9.16. The molecule has 1 aromatic carbocycles. The molecule has 3 rings (SSSR count). The van der Waals surface area contributed by atoms with E-state index in [-0.39, 0.29) is 29.5 Å². The van der Waals surface area contributed by atoms with Crippen molar-refractivity contribution in [1.82, 2.24) is 9.88 Å². The number of ether oxygens (including phenoxy) is 2. The van der Waals surface area contributed by atoms with E-state index in [9.17, 15) is 14.0 Å². The Bertz CT molecular complexity index is 865. The lowest BCUT2D eigenvalue weighted by Crippen LogP contribution is -2.36. The van der Waals surface area contributed by atoms with Gasteiger partial charge >= 0.3 is 6.03 Å². The third kappa shape index (κ3) is 5.64. The maximum atomic E-state index is 14.0. The Balaban J connectivity index is 1.64. The summed E-state index contributed by atoms with van der Waals surface area (Å²) in [5.74, 6) is -0.339. The first kappa shape index (κ1) is 20.5. The number of carbonyl (C=O) groups excluding carboxylic acids is 2. The van der Waals surface area contributed by atoms with E-state index < -0.39 is 11.8 Å². The second kappa shape index (κ2) is 9.33. The predicted octanol–water partition coefficient (Wildman–Crippen LogP) is 2.88. The molecular weight excluding hydrogens is 379 g/mol. The Hall–Kier alpha value is -3.20. The van der Waals surface area contributed by atoms with E-state index in [1.165, 1.54) is 31.3 Å². The van der Waals surface area contributed by atoms with E-state index in [4.69, 9.17) is 9.47 Å². The lowest BCUT2D eigenvalue weighted by Gasteiger charge is -2.21. The Morgan fingerprint density at radius 1 is 1.28 bits per heavy atom. The number of hydrogen-bond donors (Lipinski definition) is 2. The molecule has 9 heteroatoms. The molecule has 1 saturated heterocycles. The van der Waals surface area contributed by atoms with Gasteiger partial charge in [-0.15, -0.1) is 0 Å². The molecule has 0 saturated carbocycles. The Labute approximate surface area is 168 Å². The number of pyridine rings is 1. The third-order valence-electron chi connectivity index (χ3n) is 4.49. The van der Waals surface area contributed by atoms with Gasteiger partial charge in [-0.3, -0.25) is 9.78 Å². The fourth-order valence-electron chi connectivity index (χ4n) is 3.32. The summed E-state index contributed by atoms with van der Waals surface area (Å²) < 4.78 is 25.1. The van der Waals surface area contributed by atoms with Gasteiger partial charge < -0.3 is 25.0 Å². The molecule has 1 aliphatic rings. The molecule has 0 unspecified atom stereocenters. The normalized spacial score (nSPS) is 18.4. The van der Waals surface area contributed by atoms with Gasteiger partial charge in [0.1, 0.15) is 17.7 Å². The lowest BCUT2D eigenvalue weighted by molar-refractivity contribution is -0.130. The zero-order valence-corrected chi connectivity index (χ0v) is 16.2. The minimum atomic E-state index is -0.547. The average molecular weight is 402 g/mol. The molecule has 1 aromatic heterocycles. The van der Waals surface area contributed by atoms with Crippen LogP contribution >= 0.6 is 0 Å². The number of amides is 3. The highest BCUT2D eigenvalue weighted by Gasteiger charge is 2.35. The highest BCUT2D eigenvalue weighted by molar-refractivity contribution is 5.99. The highest BCUT2D eigenvalue weighted by Crippen LogP contribution is 2.26. The van der Waals surface area contributed by atoms with Crippen LogP contribution in [-0.2, 0) is 9.53 Å². The van der Waals surface area contributed by atoms with Crippen LogP contribution in [-0.4, -0.2) is 54.2 Å². The van der Waals surface area contributed by atoms with E-state index >= 15 is 0 Å². The van der Waals surface area contributed by atoms with Gasteiger partial charge in [0.15, 0.2) is 0 Å². The zero-order chi connectivity index (χ0) is 20.8. The van der Waals surface area contributed by atoms with Crippen LogP contribution in [0.4, 0.5) is 20.6 Å². The van der Waals surface area contributed by atoms with Crippen molar-refractivity contribution in [3.8, 4) is 5.75 Å². The number of methoxy groups -OCH3 is 1. The van der Waals surface area contributed by atoms with Crippen LogP contribution in [0.2, 0.25) is 0 Å². The number of nitrogens with zero attached hydrogens (tertiary/aromatic N) is 2. The van der Waals surface area contributed by atoms with Crippen LogP contribution in [0.1, 0.15) is 13.3 Å². The quantitative estimate of drug-likeness (QED) is 0.775. The number of nitrogens with one attached hydrogen (secondary N) is 2. The van der Waals surface area contributed by atoms with Crippen molar-refractivity contribution in [2.75, 3.05) is 30.9 Å². The van der Waals surface area contributed by atoms with Gasteiger partial charge in [-0.1, -0.05) is 0 Å². The minimum absolute atomic E-state index is 0.0631. The maximum absolute atomic E-state index is 14.0. The molecule has 0 aliphatic carbocycles. The van der Waals surface area contributed by atoms with E-state index in [0.717, 1.165) is 0 Å². The van der Waals surface area contributed by atoms with Crippen molar-refractivity contribution in [2.24, 2.45) is 0 Å². The largest absolute Gasteiger partial charge is 0.488 e. The van der Waals surface area contributed by atoms with Crippen LogP contribution in [0.15, 0.2) is 42.7 Å². The summed E-state index contributed by atoms with van der Waals surface area (Å²) in [4.78, 5) is 29.5. The molecule has 29 heavy (non-hydrogen) atoms. The smallest absolute Gasteiger partial charge is 0.323 e. The molecule has 0 spiro atoms. The van der Waals surface area contributed by atoms with Gasteiger partial charge in [0, 0.05) is 44.5 Å². The summed E-state index contributed by atoms with van der Waals surface area (Å²) in [6.07, 6.45) is 3.37. The van der Waals surface area contributed by atoms with Crippen molar-refractivity contribution in [1.29, 1.82) is 0 Å². The Morgan fingerprint density at radius 2 is 2.07 bits per heavy atom. The van der Waals surface area contributed by atoms with E-state index in [1.54, 1.807) is 30.3 Å². The van der Waals surface area contributed by atoms with Crippen LogP contribution in [0, 0.1) is 5.82 Å². The van der Waals surface area contributed by atoms with Crippen molar-refractivity contribution < 1.29 is 23.5 Å². The van der Waals surface area contributed by atoms with E-state index in [0.29, 0.717) is 25.3 Å². The van der Waals surface area contributed by atoms with Gasteiger partial charge in [0.25, 0.3) is 0 Å². The zero-order valence-electron chi connectivity index (χ0n) is 16.2. The molecule has 154 valence electrons. The number of halogens is 1. The lowest BCUT2D eigenvalue weighted by atomic mass is 10.2. The average Bonchev–Trinajstić information content (AvgIpc) is 3.05. The van der Waals surface area contributed by atoms with Crippen LogP contribution in [0.3, 0.4) is 0 Å². The van der Waals surface area contributed by atoms with Crippen molar-refractivity contribution in [2.45, 2.75) is 25.5 Å². The number of anilines is 2. The molecule has 0 bridgehead atoms. The number of urea groups is 1. The molecule has 1 aliphatic heterocycles. The van der Waals surface area contributed by atoms with E-state index in [1.807, 2.05) is 0 Å². The molecule has 3 amide bonds. The second-order valence-corrected chi connectivity index (χ2v) is 6.75. The second-order valence-electron chi connectivity index (χ2n) is 6.75. The number of likely N-dealkylation sites (tertiary alicyclic amines) is 1. The summed E-state index contributed by atoms with van der Waals surface area (Å²) in [5, 5.41) is 5.18. The Morgan fingerprint density at radius 3 is 2.76 bits per heavy atom. The molecule has 2 atom stereocenters. The molecule has 2 aromatic rings. The molecule has 1 fully saturated rings. The third-order valence-corrected chi connectivity index (χ3v) is 4.49. The van der Waals surface area contributed by atoms with Gasteiger partial charge in [-0.05, 0) is 18.2 Å². The monoisotopic (exact) mass is 402 g/mol. The van der Waals surface area contributed by atoms with Crippen LogP contribution in [0.5, 0.6) is 5.75 Å². The summed E-state index contributed by atoms with van der Waals surface area (Å²) >= 11 is 0. The summed E-state index contributed by atoms with van der Waals surface area (Å²) in [5.41, 5.74) is 0.758. The highest BCUT2D eigenvalue weighted by atomic mass is 19.1. The fourth-order valence-corrected chi connectivity index (χ4v) is 3.32. The standard InChI is InChI=1S/C20H23FN4O4/c1-13(26)25-11-19(9-17(25)12-28-2)29-18-7-14(21)6-16(8-18)24-20(27)23-15-4-3-5-22-10-15/h3-8,10,17,19H,9,11-12H2,1-2H3,(H2,23,24,27)/t17-,19-/m0/s1. The summed E-state index contributed by atoms with van der Waals surface area (Å²) in [7, 11) is 1.58. The summed E-state index contributed by atoms with van der Waals surface area (Å²) in [6.45, 7) is 2.30. The van der Waals surface area contributed by atoms with Crippen molar-refractivity contribution >= 4 is 23.3 Å². The number of carbonyl (C=O) groups is 2. The van der Waals surface area contributed by atoms with Crippen molar-refractivity contribution in [3.63, 3.8) is 0 Å². The predicted molar refractivity (Wildman–Crippen MR) is 105 cm³/mol. The molecular formula is C20H23FN4O4.